The van der Waals surface area contributed by atoms with Crippen molar-refractivity contribution < 1.29 is 18.6 Å². The Kier molecular flexibility index (Phi) is 9.00. The molecule has 11 heteroatoms. The van der Waals surface area contributed by atoms with Gasteiger partial charge in [-0.2, -0.15) is 9.37 Å². The van der Waals surface area contributed by atoms with Crippen LogP contribution in [0.1, 0.15) is 32.8 Å². The molecule has 0 radical (unpaired) electrons. The lowest BCUT2D eigenvalue weighted by Crippen LogP contribution is -2.40. The zero-order valence-electron chi connectivity index (χ0n) is 20.2. The van der Waals surface area contributed by atoms with E-state index in [0.29, 0.717) is 5.02 Å². The normalized spacial score (nSPS) is 10.9. The molecule has 0 spiro atoms. The van der Waals surface area contributed by atoms with E-state index in [0.717, 1.165) is 16.2 Å². The molecule has 0 bridgehead atoms. The largest absolute Gasteiger partial charge is 0.422 e. The number of halogens is 3. The molecule has 0 amide bonds. The predicted molar refractivity (Wildman–Crippen MR) is 134 cm³/mol. The minimum atomic E-state index is -1.21. The van der Waals surface area contributed by atoms with Gasteiger partial charge >= 0.3 is 11.7 Å². The number of benzene rings is 2. The first-order valence-corrected chi connectivity index (χ1v) is 11.9. The van der Waals surface area contributed by atoms with E-state index >= 15 is 0 Å². The number of hydrogen-bond acceptors (Lipinski definition) is 5. The van der Waals surface area contributed by atoms with Gasteiger partial charge in [0.25, 0.3) is 5.56 Å². The van der Waals surface area contributed by atoms with Gasteiger partial charge in [0.15, 0.2) is 22.7 Å². The SMILES string of the molecule is CC.CCn1c(=O)n(CCCO)c(=O)c2c1nc(Oc1cccc(F)c1F)n2Cc1ccc(Cl)cc1. The average molecular weight is 521 g/mol. The van der Waals surface area contributed by atoms with Crippen LogP contribution in [0.3, 0.4) is 0 Å². The van der Waals surface area contributed by atoms with Crippen LogP contribution in [0.2, 0.25) is 5.02 Å². The lowest BCUT2D eigenvalue weighted by atomic mass is 10.2. The second kappa shape index (κ2) is 12.0. The molecule has 4 rings (SSSR count). The van der Waals surface area contributed by atoms with Crippen LogP contribution < -0.4 is 16.0 Å². The molecule has 0 aliphatic rings. The van der Waals surface area contributed by atoms with Gasteiger partial charge in [-0.05, 0) is 43.2 Å². The molecule has 0 saturated carbocycles. The lowest BCUT2D eigenvalue weighted by Gasteiger charge is -2.12. The second-order valence-electron chi connectivity index (χ2n) is 7.49. The third-order valence-electron chi connectivity index (χ3n) is 5.31. The molecule has 0 aliphatic heterocycles. The molecule has 1 N–H and O–H groups in total. The number of ether oxygens (including phenoxy) is 1. The van der Waals surface area contributed by atoms with Crippen molar-refractivity contribution >= 4 is 22.8 Å². The summed E-state index contributed by atoms with van der Waals surface area (Å²) in [4.78, 5) is 30.6. The van der Waals surface area contributed by atoms with Crippen LogP contribution in [0.25, 0.3) is 11.2 Å². The van der Waals surface area contributed by atoms with E-state index in [4.69, 9.17) is 16.3 Å². The standard InChI is InChI=1S/C23H21ClF2N4O4.C2H6/c1-2-28-20-19(21(32)29(23(28)33)11-4-12-31)30(13-14-7-9-15(24)10-8-14)22(27-20)34-17-6-3-5-16(25)18(17)26;1-2/h3,5-10,31H,2,4,11-13H2,1H3;1-2H3. The smallest absolute Gasteiger partial charge is 0.332 e. The van der Waals surface area contributed by atoms with Crippen molar-refractivity contribution in [3.8, 4) is 11.8 Å². The fourth-order valence-electron chi connectivity index (χ4n) is 3.64. The fraction of sp³-hybridized carbons (Fsp3) is 0.320. The van der Waals surface area contributed by atoms with Gasteiger partial charge in [-0.1, -0.05) is 43.6 Å². The van der Waals surface area contributed by atoms with Crippen molar-refractivity contribution in [2.75, 3.05) is 6.61 Å². The maximum atomic E-state index is 14.3. The van der Waals surface area contributed by atoms with Crippen LogP contribution in [0.5, 0.6) is 11.8 Å². The summed E-state index contributed by atoms with van der Waals surface area (Å²) in [6.45, 7) is 5.79. The highest BCUT2D eigenvalue weighted by atomic mass is 35.5. The summed E-state index contributed by atoms with van der Waals surface area (Å²) in [5.41, 5.74) is -0.384. The summed E-state index contributed by atoms with van der Waals surface area (Å²) >= 11 is 5.98. The number of aliphatic hydroxyl groups excluding tert-OH is 1. The van der Waals surface area contributed by atoms with Crippen LogP contribution in [0.15, 0.2) is 52.1 Å². The Morgan fingerprint density at radius 3 is 2.36 bits per heavy atom. The van der Waals surface area contributed by atoms with Gasteiger partial charge in [-0.15, -0.1) is 0 Å². The molecule has 2 aromatic carbocycles. The first-order valence-electron chi connectivity index (χ1n) is 11.6. The number of aliphatic hydroxyl groups is 1. The van der Waals surface area contributed by atoms with E-state index in [1.54, 1.807) is 31.2 Å². The third-order valence-corrected chi connectivity index (χ3v) is 5.56. The van der Waals surface area contributed by atoms with Gasteiger partial charge in [-0.3, -0.25) is 18.5 Å². The minimum absolute atomic E-state index is 0.00491. The molecule has 0 atom stereocenters. The quantitative estimate of drug-likeness (QED) is 0.368. The van der Waals surface area contributed by atoms with Crippen LogP contribution >= 0.6 is 11.6 Å². The number of aryl methyl sites for hydroxylation is 1. The Morgan fingerprint density at radius 1 is 1.03 bits per heavy atom. The van der Waals surface area contributed by atoms with Crippen LogP contribution in [-0.2, 0) is 19.6 Å². The monoisotopic (exact) mass is 520 g/mol. The molecular formula is C25H27ClF2N4O4. The summed E-state index contributed by atoms with van der Waals surface area (Å²) in [7, 11) is 0. The first kappa shape index (κ1) is 27.1. The maximum Gasteiger partial charge on any atom is 0.332 e. The zero-order valence-corrected chi connectivity index (χ0v) is 20.9. The van der Waals surface area contributed by atoms with Crippen molar-refractivity contribution in [2.24, 2.45) is 0 Å². The van der Waals surface area contributed by atoms with Crippen molar-refractivity contribution in [1.82, 2.24) is 18.7 Å². The first-order chi connectivity index (χ1) is 17.3. The van der Waals surface area contributed by atoms with Crippen molar-refractivity contribution in [3.63, 3.8) is 0 Å². The summed E-state index contributed by atoms with van der Waals surface area (Å²) < 4.78 is 37.5. The number of nitrogens with zero attached hydrogens (tertiary/aromatic N) is 4. The summed E-state index contributed by atoms with van der Waals surface area (Å²) in [6, 6.07) is 10.1. The molecule has 8 nitrogen and oxygen atoms in total. The van der Waals surface area contributed by atoms with Crippen molar-refractivity contribution in [2.45, 2.75) is 46.8 Å². The average Bonchev–Trinajstić information content (AvgIpc) is 3.22. The van der Waals surface area contributed by atoms with E-state index in [9.17, 15) is 23.5 Å². The molecule has 0 fully saturated rings. The molecule has 36 heavy (non-hydrogen) atoms. The Hall–Kier alpha value is -3.50. The fourth-order valence-corrected chi connectivity index (χ4v) is 3.77. The molecule has 0 aliphatic carbocycles. The molecule has 0 saturated heterocycles. The second-order valence-corrected chi connectivity index (χ2v) is 7.93. The van der Waals surface area contributed by atoms with Gasteiger partial charge in [0.2, 0.25) is 5.82 Å². The van der Waals surface area contributed by atoms with Gasteiger partial charge in [0.1, 0.15) is 0 Å². The molecule has 0 unspecified atom stereocenters. The number of rotatable bonds is 8. The predicted octanol–water partition coefficient (Wildman–Crippen LogP) is 4.56. The highest BCUT2D eigenvalue weighted by molar-refractivity contribution is 6.30. The van der Waals surface area contributed by atoms with E-state index < -0.39 is 28.6 Å². The molecule has 192 valence electrons. The number of hydrogen-bond donors (Lipinski definition) is 1. The molecule has 2 aromatic heterocycles. The van der Waals surface area contributed by atoms with Crippen LogP contribution in [0, 0.1) is 11.6 Å². The van der Waals surface area contributed by atoms with E-state index in [-0.39, 0.29) is 49.8 Å². The van der Waals surface area contributed by atoms with Gasteiger partial charge in [0, 0.05) is 24.7 Å². The highest BCUT2D eigenvalue weighted by Crippen LogP contribution is 2.28. The summed E-state index contributed by atoms with van der Waals surface area (Å²) in [5, 5.41) is 9.72. The Labute approximate surface area is 211 Å². The van der Waals surface area contributed by atoms with Crippen LogP contribution in [-0.4, -0.2) is 30.4 Å². The Morgan fingerprint density at radius 2 is 1.72 bits per heavy atom. The van der Waals surface area contributed by atoms with Crippen molar-refractivity contribution in [1.29, 1.82) is 0 Å². The topological polar surface area (TPSA) is 91.3 Å². The molecule has 2 heterocycles. The van der Waals surface area contributed by atoms with Gasteiger partial charge in [-0.25, -0.2) is 9.18 Å². The third kappa shape index (κ3) is 5.34. The van der Waals surface area contributed by atoms with E-state index in [1.807, 2.05) is 13.8 Å². The molecular weight excluding hydrogens is 494 g/mol. The number of aromatic nitrogens is 4. The van der Waals surface area contributed by atoms with Crippen LogP contribution in [0.4, 0.5) is 8.78 Å². The van der Waals surface area contributed by atoms with Crippen molar-refractivity contribution in [3.05, 3.63) is 85.5 Å². The Balaban J connectivity index is 0.00000176. The zero-order chi connectivity index (χ0) is 26.4. The Bertz CT molecular complexity index is 1460. The minimum Gasteiger partial charge on any atom is -0.422 e. The van der Waals surface area contributed by atoms with E-state index in [2.05, 4.69) is 4.98 Å². The summed E-state index contributed by atoms with van der Waals surface area (Å²) in [6.07, 6.45) is 0.202. The number of imidazole rings is 1. The van der Waals surface area contributed by atoms with Gasteiger partial charge < -0.3 is 9.84 Å². The van der Waals surface area contributed by atoms with E-state index in [1.165, 1.54) is 21.3 Å². The maximum absolute atomic E-state index is 14.3. The summed E-state index contributed by atoms with van der Waals surface area (Å²) in [5.74, 6) is -2.73. The van der Waals surface area contributed by atoms with Gasteiger partial charge in [0.05, 0.1) is 6.54 Å². The lowest BCUT2D eigenvalue weighted by molar-refractivity contribution is 0.277. The highest BCUT2D eigenvalue weighted by Gasteiger charge is 2.23. The molecule has 4 aromatic rings. The number of fused-ring (bicyclic) bond motifs is 1.